The van der Waals surface area contributed by atoms with Gasteiger partial charge in [0.1, 0.15) is 0 Å². The van der Waals surface area contributed by atoms with Crippen LogP contribution in [0, 0.1) is 12.8 Å². The lowest BCUT2D eigenvalue weighted by molar-refractivity contribution is -0.122. The van der Waals surface area contributed by atoms with Gasteiger partial charge in [0.25, 0.3) is 0 Å². The fraction of sp³-hybridized carbons (Fsp3) is 0.440. The first kappa shape index (κ1) is 20.6. The van der Waals surface area contributed by atoms with Crippen molar-refractivity contribution < 1.29 is 4.79 Å². The number of nitrogens with one attached hydrogen (secondary N) is 3. The molecule has 5 heteroatoms. The zero-order valence-electron chi connectivity index (χ0n) is 18.4. The normalized spacial score (nSPS) is 17.6. The number of aromatic amines is 1. The Morgan fingerprint density at radius 3 is 2.77 bits per heavy atom. The molecule has 5 nitrogen and oxygen atoms in total. The first-order valence-electron chi connectivity index (χ1n) is 11.0. The number of rotatable bonds is 6. The molecule has 1 aromatic carbocycles. The molecule has 1 fully saturated rings. The Labute approximate surface area is 178 Å². The second kappa shape index (κ2) is 8.60. The van der Waals surface area contributed by atoms with Gasteiger partial charge in [-0.15, -0.1) is 0 Å². The molecule has 158 valence electrons. The monoisotopic (exact) mass is 404 g/mol. The van der Waals surface area contributed by atoms with Gasteiger partial charge in [-0.25, -0.2) is 0 Å². The third-order valence-electron chi connectivity index (χ3n) is 6.25. The van der Waals surface area contributed by atoms with Crippen molar-refractivity contribution in [1.29, 1.82) is 0 Å². The van der Waals surface area contributed by atoms with Crippen LogP contribution in [0.3, 0.4) is 0 Å². The lowest BCUT2D eigenvalue weighted by atomic mass is 9.93. The quantitative estimate of drug-likeness (QED) is 0.567. The Hall–Kier alpha value is -2.66. The van der Waals surface area contributed by atoms with Crippen LogP contribution in [0.25, 0.3) is 22.2 Å². The second-order valence-electron chi connectivity index (χ2n) is 8.88. The van der Waals surface area contributed by atoms with E-state index >= 15 is 0 Å². The van der Waals surface area contributed by atoms with E-state index in [9.17, 15) is 4.79 Å². The molecule has 0 radical (unpaired) electrons. The minimum Gasteiger partial charge on any atom is -0.355 e. The van der Waals surface area contributed by atoms with Crippen molar-refractivity contribution in [2.45, 2.75) is 46.0 Å². The van der Waals surface area contributed by atoms with Crippen LogP contribution in [-0.4, -0.2) is 35.5 Å². The van der Waals surface area contributed by atoms with Crippen LogP contribution in [0.1, 0.15) is 55.8 Å². The Bertz CT molecular complexity index is 1050. The van der Waals surface area contributed by atoms with Gasteiger partial charge in [-0.3, -0.25) is 9.78 Å². The summed E-state index contributed by atoms with van der Waals surface area (Å²) in [6, 6.07) is 10.6. The maximum absolute atomic E-state index is 12.8. The van der Waals surface area contributed by atoms with E-state index in [1.54, 1.807) is 0 Å². The van der Waals surface area contributed by atoms with E-state index in [-0.39, 0.29) is 11.8 Å². The van der Waals surface area contributed by atoms with Crippen molar-refractivity contribution in [3.63, 3.8) is 0 Å². The van der Waals surface area contributed by atoms with Gasteiger partial charge in [0.15, 0.2) is 0 Å². The summed E-state index contributed by atoms with van der Waals surface area (Å²) in [5.74, 6) is 0.835. The predicted molar refractivity (Wildman–Crippen MR) is 123 cm³/mol. The van der Waals surface area contributed by atoms with Gasteiger partial charge in [-0.05, 0) is 80.6 Å². The average molecular weight is 405 g/mol. The molecule has 3 heterocycles. The standard InChI is InChI=1S/C25H32N4O/c1-15(2)23-21-12-19(17(4)25(30)28-14-18-7-9-26-13-18)5-6-22(21)29-24(23)20-8-10-27-16(3)11-20/h5-6,8,10-12,15,17-18,26,29H,7,9,13-14H2,1-4H3,(H,28,30)/t17?,18-/m1/s1. The predicted octanol–water partition coefficient (Wildman–Crippen LogP) is 4.49. The molecule has 0 spiro atoms. The van der Waals surface area contributed by atoms with Crippen LogP contribution in [0.4, 0.5) is 0 Å². The number of H-pyrrole nitrogens is 1. The number of aryl methyl sites for hydroxylation is 1. The van der Waals surface area contributed by atoms with Crippen molar-refractivity contribution >= 4 is 16.8 Å². The molecular weight excluding hydrogens is 372 g/mol. The lowest BCUT2D eigenvalue weighted by Gasteiger charge is -2.16. The molecule has 0 aliphatic carbocycles. The number of aromatic nitrogens is 2. The smallest absolute Gasteiger partial charge is 0.227 e. The van der Waals surface area contributed by atoms with E-state index in [1.807, 2.05) is 20.0 Å². The van der Waals surface area contributed by atoms with Crippen molar-refractivity contribution in [3.8, 4) is 11.3 Å². The summed E-state index contributed by atoms with van der Waals surface area (Å²) in [5.41, 5.74) is 6.76. The third-order valence-corrected chi connectivity index (χ3v) is 6.25. The Kier molecular flexibility index (Phi) is 5.91. The summed E-state index contributed by atoms with van der Waals surface area (Å²) in [5, 5.41) is 7.71. The molecule has 30 heavy (non-hydrogen) atoms. The largest absolute Gasteiger partial charge is 0.355 e. The highest BCUT2D eigenvalue weighted by atomic mass is 16.1. The Balaban J connectivity index is 1.64. The van der Waals surface area contributed by atoms with Crippen LogP contribution in [0.5, 0.6) is 0 Å². The molecule has 0 saturated carbocycles. The number of amides is 1. The van der Waals surface area contributed by atoms with Crippen LogP contribution >= 0.6 is 0 Å². The van der Waals surface area contributed by atoms with E-state index in [4.69, 9.17) is 0 Å². The van der Waals surface area contributed by atoms with Gasteiger partial charge in [-0.1, -0.05) is 19.9 Å². The Morgan fingerprint density at radius 1 is 1.23 bits per heavy atom. The van der Waals surface area contributed by atoms with Gasteiger partial charge in [0.05, 0.1) is 11.6 Å². The molecular formula is C25H32N4O. The molecule has 0 bridgehead atoms. The van der Waals surface area contributed by atoms with Gasteiger partial charge in [0, 0.05) is 34.9 Å². The molecule has 1 saturated heterocycles. The third kappa shape index (κ3) is 4.12. The first-order valence-corrected chi connectivity index (χ1v) is 11.0. The van der Waals surface area contributed by atoms with Gasteiger partial charge >= 0.3 is 0 Å². The number of fused-ring (bicyclic) bond motifs is 1. The zero-order chi connectivity index (χ0) is 21.3. The maximum atomic E-state index is 12.8. The van der Waals surface area contributed by atoms with Crippen molar-refractivity contribution in [2.75, 3.05) is 19.6 Å². The molecule has 4 rings (SSSR count). The maximum Gasteiger partial charge on any atom is 0.227 e. The molecule has 1 aliphatic rings. The molecule has 1 amide bonds. The van der Waals surface area contributed by atoms with Gasteiger partial charge < -0.3 is 15.6 Å². The molecule has 1 aliphatic heterocycles. The fourth-order valence-electron chi connectivity index (χ4n) is 4.47. The molecule has 2 aromatic heterocycles. The van der Waals surface area contributed by atoms with E-state index in [0.717, 1.165) is 54.1 Å². The number of hydrogen-bond acceptors (Lipinski definition) is 3. The number of nitrogens with zero attached hydrogens (tertiary/aromatic N) is 1. The lowest BCUT2D eigenvalue weighted by Crippen LogP contribution is -2.33. The Morgan fingerprint density at radius 2 is 2.07 bits per heavy atom. The van der Waals surface area contributed by atoms with E-state index in [1.165, 1.54) is 10.9 Å². The highest BCUT2D eigenvalue weighted by Crippen LogP contribution is 2.36. The number of carbonyl (C=O) groups is 1. The second-order valence-corrected chi connectivity index (χ2v) is 8.88. The average Bonchev–Trinajstić information content (AvgIpc) is 3.38. The van der Waals surface area contributed by atoms with Gasteiger partial charge in [-0.2, -0.15) is 0 Å². The van der Waals surface area contributed by atoms with Crippen molar-refractivity contribution in [2.24, 2.45) is 5.92 Å². The molecule has 3 N–H and O–H groups in total. The van der Waals surface area contributed by atoms with E-state index < -0.39 is 0 Å². The van der Waals surface area contributed by atoms with Crippen LogP contribution in [0.2, 0.25) is 0 Å². The molecule has 3 aromatic rings. The van der Waals surface area contributed by atoms with Crippen molar-refractivity contribution in [1.82, 2.24) is 20.6 Å². The number of carbonyl (C=O) groups excluding carboxylic acids is 1. The van der Waals surface area contributed by atoms with Gasteiger partial charge in [0.2, 0.25) is 5.91 Å². The fourth-order valence-corrected chi connectivity index (χ4v) is 4.47. The highest BCUT2D eigenvalue weighted by molar-refractivity contribution is 5.93. The number of pyridine rings is 1. The summed E-state index contributed by atoms with van der Waals surface area (Å²) >= 11 is 0. The molecule has 1 unspecified atom stereocenters. The zero-order valence-corrected chi connectivity index (χ0v) is 18.4. The minimum absolute atomic E-state index is 0.105. The summed E-state index contributed by atoms with van der Waals surface area (Å²) in [7, 11) is 0. The summed E-state index contributed by atoms with van der Waals surface area (Å²) < 4.78 is 0. The number of hydrogen-bond donors (Lipinski definition) is 3. The summed E-state index contributed by atoms with van der Waals surface area (Å²) in [6.07, 6.45) is 3.00. The van der Waals surface area contributed by atoms with Crippen LogP contribution in [0.15, 0.2) is 36.5 Å². The number of benzene rings is 1. The molecule has 2 atom stereocenters. The summed E-state index contributed by atoms with van der Waals surface area (Å²) in [4.78, 5) is 20.7. The highest BCUT2D eigenvalue weighted by Gasteiger charge is 2.21. The minimum atomic E-state index is -0.176. The van der Waals surface area contributed by atoms with Crippen molar-refractivity contribution in [3.05, 3.63) is 53.3 Å². The summed E-state index contributed by atoms with van der Waals surface area (Å²) in [6.45, 7) is 11.3. The van der Waals surface area contributed by atoms with E-state index in [2.05, 4.69) is 64.8 Å². The topological polar surface area (TPSA) is 69.8 Å². The first-order chi connectivity index (χ1) is 14.4. The van der Waals surface area contributed by atoms with Crippen LogP contribution in [-0.2, 0) is 4.79 Å². The van der Waals surface area contributed by atoms with Crippen LogP contribution < -0.4 is 10.6 Å². The SMILES string of the molecule is Cc1cc(-c2[nH]c3ccc(C(C)C(=O)NC[C@@H]4CCNC4)cc3c2C(C)C)ccn1. The van der Waals surface area contributed by atoms with E-state index in [0.29, 0.717) is 11.8 Å².